The van der Waals surface area contributed by atoms with Gasteiger partial charge in [-0.05, 0) is 36.6 Å². The van der Waals surface area contributed by atoms with E-state index in [1.165, 1.54) is 5.56 Å². The van der Waals surface area contributed by atoms with Crippen LogP contribution in [0.2, 0.25) is 0 Å². The number of pyridine rings is 2. The lowest BCUT2D eigenvalue weighted by Crippen LogP contribution is -2.27. The van der Waals surface area contributed by atoms with Crippen LogP contribution in [0.1, 0.15) is 22.3 Å². The summed E-state index contributed by atoms with van der Waals surface area (Å²) in [7, 11) is 3.75. The average Bonchev–Trinajstić information content (AvgIpc) is 2.52. The molecule has 0 spiro atoms. The molecule has 2 rings (SSSR count). The van der Waals surface area contributed by atoms with Crippen LogP contribution in [-0.2, 0) is 6.42 Å². The van der Waals surface area contributed by atoms with Crippen molar-refractivity contribution in [1.82, 2.24) is 15.3 Å². The molecule has 1 N–H and O–H groups in total. The van der Waals surface area contributed by atoms with E-state index in [0.29, 0.717) is 17.9 Å². The fourth-order valence-electron chi connectivity index (χ4n) is 2.07. The van der Waals surface area contributed by atoms with E-state index >= 15 is 0 Å². The van der Waals surface area contributed by atoms with Crippen molar-refractivity contribution >= 4 is 11.7 Å². The Balaban J connectivity index is 1.85. The first kappa shape index (κ1) is 15.0. The van der Waals surface area contributed by atoms with Crippen LogP contribution in [0.5, 0.6) is 0 Å². The van der Waals surface area contributed by atoms with Crippen LogP contribution < -0.4 is 10.2 Å². The lowest BCUT2D eigenvalue weighted by molar-refractivity contribution is 0.0953. The minimum atomic E-state index is -0.0852. The van der Waals surface area contributed by atoms with E-state index in [4.69, 9.17) is 0 Å². The molecular formula is C16H20N4O. The smallest absolute Gasteiger partial charge is 0.255 e. The number of aromatic nitrogens is 2. The molecule has 0 bridgehead atoms. The van der Waals surface area contributed by atoms with Crippen molar-refractivity contribution in [2.45, 2.75) is 12.8 Å². The summed E-state index contributed by atoms with van der Waals surface area (Å²) in [5.41, 5.74) is 1.78. The van der Waals surface area contributed by atoms with E-state index in [2.05, 4.69) is 15.3 Å². The molecule has 21 heavy (non-hydrogen) atoms. The summed E-state index contributed by atoms with van der Waals surface area (Å²) in [6, 6.07) is 7.53. The highest BCUT2D eigenvalue weighted by Crippen LogP contribution is 2.13. The fourth-order valence-corrected chi connectivity index (χ4v) is 2.07. The molecule has 2 aromatic heterocycles. The molecule has 0 aromatic carbocycles. The number of anilines is 1. The number of nitrogens with zero attached hydrogens (tertiary/aromatic N) is 3. The van der Waals surface area contributed by atoms with Crippen LogP contribution in [-0.4, -0.2) is 36.5 Å². The molecule has 0 aliphatic heterocycles. The van der Waals surface area contributed by atoms with E-state index in [0.717, 1.165) is 12.8 Å². The van der Waals surface area contributed by atoms with Gasteiger partial charge in [0.2, 0.25) is 0 Å². The monoisotopic (exact) mass is 284 g/mol. The molecule has 0 fully saturated rings. The third-order valence-corrected chi connectivity index (χ3v) is 3.11. The molecule has 0 aliphatic carbocycles. The Hall–Kier alpha value is -2.43. The topological polar surface area (TPSA) is 58.1 Å². The predicted octanol–water partition coefficient (Wildman–Crippen LogP) is 1.91. The van der Waals surface area contributed by atoms with Crippen LogP contribution >= 0.6 is 0 Å². The van der Waals surface area contributed by atoms with Crippen LogP contribution in [0.4, 0.5) is 5.82 Å². The molecule has 0 saturated carbocycles. The number of nitrogens with one attached hydrogen (secondary N) is 1. The Labute approximate surface area is 125 Å². The third-order valence-electron chi connectivity index (χ3n) is 3.11. The van der Waals surface area contributed by atoms with Crippen molar-refractivity contribution in [2.75, 3.05) is 25.5 Å². The first-order valence-corrected chi connectivity index (χ1v) is 6.98. The molecule has 0 atom stereocenters. The zero-order chi connectivity index (χ0) is 15.1. The molecule has 5 nitrogen and oxygen atoms in total. The first-order chi connectivity index (χ1) is 10.2. The standard InChI is InChI=1S/C16H20N4O/c1-20(2)15-14(8-5-10-18-15)16(21)19-11-4-7-13-6-3-9-17-12-13/h3,5-6,8-10,12H,4,7,11H2,1-2H3,(H,19,21). The van der Waals surface area contributed by atoms with E-state index in [1.54, 1.807) is 24.5 Å². The lowest BCUT2D eigenvalue weighted by atomic mass is 10.1. The molecule has 0 saturated heterocycles. The van der Waals surface area contributed by atoms with Gasteiger partial charge in [0.15, 0.2) is 0 Å². The Morgan fingerprint density at radius 2 is 2.05 bits per heavy atom. The normalized spacial score (nSPS) is 10.2. The fraction of sp³-hybridized carbons (Fsp3) is 0.312. The third kappa shape index (κ3) is 4.27. The number of carbonyl (C=O) groups excluding carboxylic acids is 1. The van der Waals surface area contributed by atoms with Gasteiger partial charge in [-0.15, -0.1) is 0 Å². The Morgan fingerprint density at radius 1 is 1.24 bits per heavy atom. The number of amides is 1. The molecule has 110 valence electrons. The molecule has 1 amide bonds. The van der Waals surface area contributed by atoms with E-state index in [-0.39, 0.29) is 5.91 Å². The van der Waals surface area contributed by atoms with Gasteiger partial charge < -0.3 is 10.2 Å². The summed E-state index contributed by atoms with van der Waals surface area (Å²) in [5, 5.41) is 2.94. The van der Waals surface area contributed by atoms with Crippen LogP contribution in [0.25, 0.3) is 0 Å². The maximum absolute atomic E-state index is 12.2. The molecule has 0 radical (unpaired) electrons. The van der Waals surface area contributed by atoms with Gasteiger partial charge in [-0.1, -0.05) is 6.07 Å². The average molecular weight is 284 g/mol. The number of hydrogen-bond donors (Lipinski definition) is 1. The minimum absolute atomic E-state index is 0.0852. The van der Waals surface area contributed by atoms with E-state index in [1.807, 2.05) is 37.3 Å². The summed E-state index contributed by atoms with van der Waals surface area (Å²) in [4.78, 5) is 22.3. The molecule has 5 heteroatoms. The van der Waals surface area contributed by atoms with Crippen molar-refractivity contribution in [3.8, 4) is 0 Å². The van der Waals surface area contributed by atoms with Crippen molar-refractivity contribution in [2.24, 2.45) is 0 Å². The quantitative estimate of drug-likeness (QED) is 0.823. The highest BCUT2D eigenvalue weighted by Gasteiger charge is 2.12. The maximum atomic E-state index is 12.2. The zero-order valence-electron chi connectivity index (χ0n) is 12.4. The molecule has 2 heterocycles. The Bertz CT molecular complexity index is 584. The lowest BCUT2D eigenvalue weighted by Gasteiger charge is -2.15. The van der Waals surface area contributed by atoms with Crippen LogP contribution in [0.15, 0.2) is 42.9 Å². The van der Waals surface area contributed by atoms with E-state index < -0.39 is 0 Å². The van der Waals surface area contributed by atoms with E-state index in [9.17, 15) is 4.79 Å². The number of carbonyl (C=O) groups is 1. The second kappa shape index (κ2) is 7.38. The molecular weight excluding hydrogens is 264 g/mol. The summed E-state index contributed by atoms with van der Waals surface area (Å²) >= 11 is 0. The zero-order valence-corrected chi connectivity index (χ0v) is 12.4. The SMILES string of the molecule is CN(C)c1ncccc1C(=O)NCCCc1cccnc1. The highest BCUT2D eigenvalue weighted by molar-refractivity contribution is 5.98. The van der Waals surface area contributed by atoms with Gasteiger partial charge >= 0.3 is 0 Å². The number of rotatable bonds is 6. The van der Waals surface area contributed by atoms with Gasteiger partial charge in [-0.25, -0.2) is 4.98 Å². The largest absolute Gasteiger partial charge is 0.362 e. The highest BCUT2D eigenvalue weighted by atomic mass is 16.1. The van der Waals surface area contributed by atoms with Crippen molar-refractivity contribution in [1.29, 1.82) is 0 Å². The van der Waals surface area contributed by atoms with Gasteiger partial charge in [0.25, 0.3) is 5.91 Å². The minimum Gasteiger partial charge on any atom is -0.362 e. The Kier molecular flexibility index (Phi) is 5.26. The summed E-state index contributed by atoms with van der Waals surface area (Å²) in [6.07, 6.45) is 7.09. The van der Waals surface area contributed by atoms with Crippen LogP contribution in [0, 0.1) is 0 Å². The second-order valence-electron chi connectivity index (χ2n) is 4.99. The van der Waals surface area contributed by atoms with Gasteiger partial charge in [0.05, 0.1) is 5.56 Å². The molecule has 0 unspecified atom stereocenters. The second-order valence-corrected chi connectivity index (χ2v) is 4.99. The molecule has 0 aliphatic rings. The molecule has 2 aromatic rings. The van der Waals surface area contributed by atoms with Gasteiger partial charge in [0, 0.05) is 39.2 Å². The van der Waals surface area contributed by atoms with Gasteiger partial charge in [-0.2, -0.15) is 0 Å². The predicted molar refractivity (Wildman–Crippen MR) is 83.5 cm³/mol. The summed E-state index contributed by atoms with van der Waals surface area (Å²) < 4.78 is 0. The van der Waals surface area contributed by atoms with Crippen LogP contribution in [0.3, 0.4) is 0 Å². The number of aryl methyl sites for hydroxylation is 1. The Morgan fingerprint density at radius 3 is 2.76 bits per heavy atom. The van der Waals surface area contributed by atoms with Crippen molar-refractivity contribution in [3.05, 3.63) is 54.0 Å². The summed E-state index contributed by atoms with van der Waals surface area (Å²) in [6.45, 7) is 0.634. The van der Waals surface area contributed by atoms with Gasteiger partial charge in [-0.3, -0.25) is 9.78 Å². The van der Waals surface area contributed by atoms with Gasteiger partial charge in [0.1, 0.15) is 5.82 Å². The maximum Gasteiger partial charge on any atom is 0.255 e. The number of hydrogen-bond acceptors (Lipinski definition) is 4. The summed E-state index contributed by atoms with van der Waals surface area (Å²) in [5.74, 6) is 0.597. The first-order valence-electron chi connectivity index (χ1n) is 6.98. The van der Waals surface area contributed by atoms with Crippen molar-refractivity contribution < 1.29 is 4.79 Å². The van der Waals surface area contributed by atoms with Crippen molar-refractivity contribution in [3.63, 3.8) is 0 Å².